The molecule has 2 saturated heterocycles. The van der Waals surface area contributed by atoms with Crippen LogP contribution in [0.2, 0.25) is 0 Å². The van der Waals surface area contributed by atoms with Gasteiger partial charge in [0.25, 0.3) is 5.91 Å². The van der Waals surface area contributed by atoms with E-state index in [1.165, 1.54) is 22.9 Å². The van der Waals surface area contributed by atoms with Crippen LogP contribution in [-0.2, 0) is 11.0 Å². The van der Waals surface area contributed by atoms with Gasteiger partial charge in [-0.15, -0.1) is 0 Å². The summed E-state index contributed by atoms with van der Waals surface area (Å²) in [4.78, 5) is 25.7. The van der Waals surface area contributed by atoms with Gasteiger partial charge in [0.05, 0.1) is 28.4 Å². The zero-order valence-corrected chi connectivity index (χ0v) is 18.5. The summed E-state index contributed by atoms with van der Waals surface area (Å²) in [7, 11) is 0. The first-order chi connectivity index (χ1) is 16.7. The Hall–Kier alpha value is -3.90. The van der Waals surface area contributed by atoms with E-state index in [0.29, 0.717) is 12.2 Å². The molecule has 12 heteroatoms. The van der Waals surface area contributed by atoms with Crippen molar-refractivity contribution in [1.82, 2.24) is 25.8 Å². The number of hydrazine groups is 1. The number of benzene rings is 2. The summed E-state index contributed by atoms with van der Waals surface area (Å²) in [5.74, 6) is -1.41. The van der Waals surface area contributed by atoms with Crippen LogP contribution in [0.3, 0.4) is 0 Å². The van der Waals surface area contributed by atoms with Gasteiger partial charge >= 0.3 is 6.18 Å². The smallest absolute Gasteiger partial charge is 0.321 e. The third-order valence-electron chi connectivity index (χ3n) is 5.94. The van der Waals surface area contributed by atoms with Crippen molar-refractivity contribution < 1.29 is 22.8 Å². The van der Waals surface area contributed by atoms with Crippen molar-refractivity contribution in [3.8, 4) is 0 Å². The Morgan fingerprint density at radius 1 is 1.11 bits per heavy atom. The Morgan fingerprint density at radius 3 is 2.57 bits per heavy atom. The number of anilines is 2. The standard InChI is InChI=1S/C23H22F3N7O2/c1-13-11-18(28-20(34)15-9-5-6-10-17(15)23(24,25)26)33(31-13)22-29-19-16(21(35)30-22)12-27-32(19)14-7-3-2-4-8-14/h2-11,16,19,22,27,29H,12H2,1H3,(H,28,34)(H,30,35). The number of hydrogen-bond donors (Lipinski definition) is 4. The molecule has 0 aliphatic carbocycles. The lowest BCUT2D eigenvalue weighted by molar-refractivity contribution is -0.138. The molecule has 0 radical (unpaired) electrons. The van der Waals surface area contributed by atoms with Gasteiger partial charge in [-0.3, -0.25) is 19.9 Å². The molecule has 3 unspecified atom stereocenters. The van der Waals surface area contributed by atoms with Gasteiger partial charge in [0.2, 0.25) is 5.91 Å². The van der Waals surface area contributed by atoms with Crippen LogP contribution in [0.5, 0.6) is 0 Å². The molecular weight excluding hydrogens is 463 g/mol. The molecule has 3 atom stereocenters. The van der Waals surface area contributed by atoms with E-state index >= 15 is 0 Å². The molecule has 3 heterocycles. The molecule has 9 nitrogen and oxygen atoms in total. The highest BCUT2D eigenvalue weighted by molar-refractivity contribution is 6.05. The van der Waals surface area contributed by atoms with E-state index in [2.05, 4.69) is 26.5 Å². The Bertz CT molecular complexity index is 1260. The number of halogens is 3. The van der Waals surface area contributed by atoms with Crippen LogP contribution in [0, 0.1) is 12.8 Å². The van der Waals surface area contributed by atoms with Crippen LogP contribution >= 0.6 is 0 Å². The summed E-state index contributed by atoms with van der Waals surface area (Å²) in [6.45, 7) is 2.09. The highest BCUT2D eigenvalue weighted by Crippen LogP contribution is 2.32. The van der Waals surface area contributed by atoms with Crippen LogP contribution in [-0.4, -0.2) is 34.3 Å². The molecule has 0 spiro atoms. The number of rotatable bonds is 4. The second kappa shape index (κ2) is 8.71. The molecule has 35 heavy (non-hydrogen) atoms. The number of hydrogen-bond acceptors (Lipinski definition) is 6. The predicted octanol–water partition coefficient (Wildman–Crippen LogP) is 2.61. The second-order valence-electron chi connectivity index (χ2n) is 8.31. The van der Waals surface area contributed by atoms with Gasteiger partial charge in [-0.2, -0.15) is 18.3 Å². The van der Waals surface area contributed by atoms with E-state index in [0.717, 1.165) is 17.8 Å². The number of carbonyl (C=O) groups is 2. The van der Waals surface area contributed by atoms with E-state index in [1.54, 1.807) is 6.92 Å². The zero-order valence-electron chi connectivity index (χ0n) is 18.5. The lowest BCUT2D eigenvalue weighted by Crippen LogP contribution is -2.61. The maximum absolute atomic E-state index is 13.4. The van der Waals surface area contributed by atoms with Crippen molar-refractivity contribution in [1.29, 1.82) is 0 Å². The number of aryl methyl sites for hydroxylation is 1. The third kappa shape index (κ3) is 4.33. The highest BCUT2D eigenvalue weighted by atomic mass is 19.4. The topological polar surface area (TPSA) is 103 Å². The van der Waals surface area contributed by atoms with Gasteiger partial charge in [-0.1, -0.05) is 30.3 Å². The molecule has 3 aromatic rings. The SMILES string of the molecule is Cc1cc(NC(=O)c2ccccc2C(F)(F)F)n(C2NC(=O)C3CNN(c4ccccc4)C3N2)n1. The van der Waals surface area contributed by atoms with Crippen LogP contribution in [0.1, 0.15) is 27.9 Å². The number of nitrogens with one attached hydrogen (secondary N) is 4. The van der Waals surface area contributed by atoms with Crippen LogP contribution in [0.25, 0.3) is 0 Å². The van der Waals surface area contributed by atoms with Crippen molar-refractivity contribution >= 4 is 23.3 Å². The molecule has 2 aliphatic heterocycles. The van der Waals surface area contributed by atoms with Crippen LogP contribution < -0.4 is 26.4 Å². The number of carbonyl (C=O) groups excluding carboxylic acids is 2. The van der Waals surface area contributed by atoms with Crippen LogP contribution in [0.4, 0.5) is 24.7 Å². The van der Waals surface area contributed by atoms with E-state index in [1.807, 2.05) is 35.3 Å². The van der Waals surface area contributed by atoms with Crippen molar-refractivity contribution in [3.63, 3.8) is 0 Å². The number of nitrogens with zero attached hydrogens (tertiary/aromatic N) is 3. The molecule has 0 saturated carbocycles. The maximum Gasteiger partial charge on any atom is 0.417 e. The number of amides is 2. The predicted molar refractivity (Wildman–Crippen MR) is 121 cm³/mol. The van der Waals surface area contributed by atoms with Gasteiger partial charge < -0.3 is 10.6 Å². The zero-order chi connectivity index (χ0) is 24.7. The first-order valence-electron chi connectivity index (χ1n) is 10.9. The summed E-state index contributed by atoms with van der Waals surface area (Å²) >= 11 is 0. The van der Waals surface area contributed by atoms with Gasteiger partial charge in [-0.25, -0.2) is 10.1 Å². The molecule has 2 amide bonds. The summed E-state index contributed by atoms with van der Waals surface area (Å²) in [5, 5.41) is 14.9. The fourth-order valence-electron chi connectivity index (χ4n) is 4.35. The first-order valence-corrected chi connectivity index (χ1v) is 10.9. The molecule has 1 aromatic heterocycles. The molecule has 2 aliphatic rings. The van der Waals surface area contributed by atoms with Crippen molar-refractivity contribution in [3.05, 3.63) is 77.5 Å². The average Bonchev–Trinajstić information content (AvgIpc) is 3.42. The fourth-order valence-corrected chi connectivity index (χ4v) is 4.35. The van der Waals surface area contributed by atoms with E-state index < -0.39 is 35.7 Å². The van der Waals surface area contributed by atoms with E-state index in [4.69, 9.17) is 0 Å². The second-order valence-corrected chi connectivity index (χ2v) is 8.31. The molecule has 2 aromatic carbocycles. The molecule has 4 N–H and O–H groups in total. The van der Waals surface area contributed by atoms with Gasteiger partial charge in [0.15, 0.2) is 6.29 Å². The minimum Gasteiger partial charge on any atom is -0.321 e. The largest absolute Gasteiger partial charge is 0.417 e. The minimum atomic E-state index is -4.69. The number of fused-ring (bicyclic) bond motifs is 1. The summed E-state index contributed by atoms with van der Waals surface area (Å²) in [6.07, 6.45) is -5.96. The lowest BCUT2D eigenvalue weighted by Gasteiger charge is -2.37. The Kier molecular flexibility index (Phi) is 5.69. The number of alkyl halides is 3. The monoisotopic (exact) mass is 485 g/mol. The van der Waals surface area contributed by atoms with Gasteiger partial charge in [0.1, 0.15) is 12.0 Å². The van der Waals surface area contributed by atoms with Gasteiger partial charge in [0, 0.05) is 12.6 Å². The quantitative estimate of drug-likeness (QED) is 0.453. The lowest BCUT2D eigenvalue weighted by atomic mass is 10.0. The third-order valence-corrected chi connectivity index (χ3v) is 5.94. The first kappa shape index (κ1) is 22.9. The normalized spacial score (nSPS) is 22.0. The molecule has 0 bridgehead atoms. The minimum absolute atomic E-state index is 0.137. The summed E-state index contributed by atoms with van der Waals surface area (Å²) < 4.78 is 41.5. The molecule has 5 rings (SSSR count). The average molecular weight is 485 g/mol. The number of para-hydroxylation sites is 1. The molecule has 2 fully saturated rings. The molecular formula is C23H22F3N7O2. The van der Waals surface area contributed by atoms with Crippen molar-refractivity contribution in [2.24, 2.45) is 5.92 Å². The highest BCUT2D eigenvalue weighted by Gasteiger charge is 2.45. The van der Waals surface area contributed by atoms with E-state index in [-0.39, 0.29) is 17.6 Å². The summed E-state index contributed by atoms with van der Waals surface area (Å²) in [5.41, 5.74) is 3.03. The van der Waals surface area contributed by atoms with Crippen molar-refractivity contribution in [2.45, 2.75) is 25.6 Å². The van der Waals surface area contributed by atoms with Crippen LogP contribution in [0.15, 0.2) is 60.7 Å². The van der Waals surface area contributed by atoms with E-state index in [9.17, 15) is 22.8 Å². The van der Waals surface area contributed by atoms with Gasteiger partial charge in [-0.05, 0) is 31.2 Å². The maximum atomic E-state index is 13.4. The fraction of sp³-hybridized carbons (Fsp3) is 0.261. The Balaban J connectivity index is 1.42. The van der Waals surface area contributed by atoms with Crippen molar-refractivity contribution in [2.75, 3.05) is 16.9 Å². The Labute approximate surface area is 198 Å². The molecule has 182 valence electrons. The number of aromatic nitrogens is 2. The summed E-state index contributed by atoms with van der Waals surface area (Å²) in [6, 6.07) is 15.5. The Morgan fingerprint density at radius 2 is 1.83 bits per heavy atom.